The van der Waals surface area contributed by atoms with Crippen LogP contribution in [0, 0.1) is 20.8 Å². The average Bonchev–Trinajstić information content (AvgIpc) is 2.93. The first-order valence-electron chi connectivity index (χ1n) is 8.36. The van der Waals surface area contributed by atoms with Crippen molar-refractivity contribution in [1.29, 1.82) is 0 Å². The van der Waals surface area contributed by atoms with Crippen LogP contribution in [0.15, 0.2) is 24.3 Å². The Bertz CT molecular complexity index is 1120. The molecule has 0 radical (unpaired) electrons. The van der Waals surface area contributed by atoms with E-state index in [0.717, 1.165) is 21.5 Å². The summed E-state index contributed by atoms with van der Waals surface area (Å²) in [5.74, 6) is 0.450. The zero-order valence-corrected chi connectivity index (χ0v) is 17.1. The maximum atomic E-state index is 12.7. The smallest absolute Gasteiger partial charge is 0.266 e. The van der Waals surface area contributed by atoms with Gasteiger partial charge in [-0.25, -0.2) is 18.4 Å². The van der Waals surface area contributed by atoms with Gasteiger partial charge in [-0.3, -0.25) is 9.52 Å². The van der Waals surface area contributed by atoms with E-state index in [0.29, 0.717) is 22.1 Å². The molecule has 27 heavy (non-hydrogen) atoms. The minimum Gasteiger partial charge on any atom is -0.321 e. The van der Waals surface area contributed by atoms with Crippen molar-refractivity contribution in [2.45, 2.75) is 27.7 Å². The molecular formula is C18H20N4O3S2. The number of nitrogens with one attached hydrogen (secondary N) is 2. The Labute approximate surface area is 161 Å². The first kappa shape index (κ1) is 19.2. The molecular weight excluding hydrogens is 384 g/mol. The van der Waals surface area contributed by atoms with Gasteiger partial charge in [-0.05, 0) is 57.5 Å². The van der Waals surface area contributed by atoms with Crippen molar-refractivity contribution in [1.82, 2.24) is 9.97 Å². The molecule has 0 aliphatic carbocycles. The van der Waals surface area contributed by atoms with Crippen LogP contribution in [0.5, 0.6) is 0 Å². The van der Waals surface area contributed by atoms with E-state index in [9.17, 15) is 13.2 Å². The second-order valence-corrected chi connectivity index (χ2v) is 9.14. The topological polar surface area (TPSA) is 101 Å². The number of amides is 1. The number of hydrogen-bond acceptors (Lipinski definition) is 6. The van der Waals surface area contributed by atoms with Crippen LogP contribution in [-0.4, -0.2) is 30.0 Å². The molecule has 3 rings (SSSR count). The van der Waals surface area contributed by atoms with Crippen molar-refractivity contribution in [3.8, 4) is 0 Å². The number of aryl methyl sites for hydroxylation is 3. The molecule has 0 saturated heterocycles. The van der Waals surface area contributed by atoms with Gasteiger partial charge in [0.1, 0.15) is 10.7 Å². The van der Waals surface area contributed by atoms with Gasteiger partial charge in [-0.2, -0.15) is 0 Å². The van der Waals surface area contributed by atoms with Crippen molar-refractivity contribution < 1.29 is 13.2 Å². The Morgan fingerprint density at radius 3 is 2.33 bits per heavy atom. The molecule has 0 saturated carbocycles. The second kappa shape index (κ2) is 7.24. The number of anilines is 2. The van der Waals surface area contributed by atoms with Gasteiger partial charge in [0.25, 0.3) is 5.91 Å². The molecule has 7 nitrogen and oxygen atoms in total. The van der Waals surface area contributed by atoms with Gasteiger partial charge in [0, 0.05) is 22.5 Å². The highest BCUT2D eigenvalue weighted by atomic mass is 32.2. The van der Waals surface area contributed by atoms with Gasteiger partial charge >= 0.3 is 0 Å². The maximum Gasteiger partial charge on any atom is 0.266 e. The summed E-state index contributed by atoms with van der Waals surface area (Å²) in [7, 11) is -3.33. The van der Waals surface area contributed by atoms with Gasteiger partial charge in [0.05, 0.1) is 10.6 Å². The third-order valence-corrected chi connectivity index (χ3v) is 6.58. The Morgan fingerprint density at radius 1 is 1.07 bits per heavy atom. The molecule has 0 aliphatic heterocycles. The van der Waals surface area contributed by atoms with Crippen LogP contribution in [0.25, 0.3) is 10.2 Å². The van der Waals surface area contributed by atoms with Crippen molar-refractivity contribution >= 4 is 48.9 Å². The normalized spacial score (nSPS) is 11.6. The van der Waals surface area contributed by atoms with Crippen LogP contribution in [-0.2, 0) is 10.0 Å². The average molecular weight is 405 g/mol. The highest BCUT2D eigenvalue weighted by Crippen LogP contribution is 2.31. The summed E-state index contributed by atoms with van der Waals surface area (Å²) in [6.45, 7) is 7.20. The van der Waals surface area contributed by atoms with Gasteiger partial charge in [0.2, 0.25) is 10.0 Å². The highest BCUT2D eigenvalue weighted by molar-refractivity contribution is 7.92. The van der Waals surface area contributed by atoms with E-state index in [4.69, 9.17) is 0 Å². The van der Waals surface area contributed by atoms with Gasteiger partial charge in [-0.15, -0.1) is 11.3 Å². The Balaban J connectivity index is 1.83. The van der Waals surface area contributed by atoms with Gasteiger partial charge in [-0.1, -0.05) is 0 Å². The number of fused-ring (bicyclic) bond motifs is 1. The number of rotatable bonds is 5. The van der Waals surface area contributed by atoms with E-state index < -0.39 is 10.0 Å². The molecule has 0 aliphatic rings. The van der Waals surface area contributed by atoms with E-state index >= 15 is 0 Å². The zero-order chi connectivity index (χ0) is 19.8. The summed E-state index contributed by atoms with van der Waals surface area (Å²) < 4.78 is 25.7. The molecule has 3 aromatic rings. The fourth-order valence-corrected chi connectivity index (χ4v) is 4.56. The minimum atomic E-state index is -3.33. The van der Waals surface area contributed by atoms with E-state index in [1.807, 2.05) is 20.8 Å². The predicted molar refractivity (Wildman–Crippen MR) is 109 cm³/mol. The molecule has 1 aromatic carbocycles. The van der Waals surface area contributed by atoms with Crippen molar-refractivity contribution in [3.63, 3.8) is 0 Å². The van der Waals surface area contributed by atoms with Crippen molar-refractivity contribution in [2.24, 2.45) is 0 Å². The minimum absolute atomic E-state index is 0.00150. The molecule has 2 N–H and O–H groups in total. The first-order valence-corrected chi connectivity index (χ1v) is 10.8. The summed E-state index contributed by atoms with van der Waals surface area (Å²) >= 11 is 1.34. The van der Waals surface area contributed by atoms with Crippen LogP contribution in [0.3, 0.4) is 0 Å². The lowest BCUT2D eigenvalue weighted by molar-refractivity contribution is 0.103. The molecule has 0 fully saturated rings. The van der Waals surface area contributed by atoms with Gasteiger partial charge < -0.3 is 5.32 Å². The summed E-state index contributed by atoms with van der Waals surface area (Å²) in [4.78, 5) is 22.9. The number of aromatic nitrogens is 2. The Morgan fingerprint density at radius 2 is 1.70 bits per heavy atom. The van der Waals surface area contributed by atoms with Crippen LogP contribution in [0.4, 0.5) is 11.4 Å². The van der Waals surface area contributed by atoms with Gasteiger partial charge in [0.15, 0.2) is 0 Å². The fraction of sp³-hybridized carbons (Fsp3) is 0.278. The quantitative estimate of drug-likeness (QED) is 0.676. The molecule has 142 valence electrons. The molecule has 2 heterocycles. The molecule has 0 spiro atoms. The van der Waals surface area contributed by atoms with Crippen LogP contribution < -0.4 is 10.0 Å². The van der Waals surface area contributed by atoms with E-state index in [2.05, 4.69) is 20.0 Å². The number of sulfonamides is 1. The van der Waals surface area contributed by atoms with E-state index in [1.165, 1.54) is 11.3 Å². The van der Waals surface area contributed by atoms with Crippen molar-refractivity contribution in [2.75, 3.05) is 15.8 Å². The standard InChI is InChI=1S/C18H20N4O3S2/c1-5-27(24,25)22-14-8-6-13(7-9-14)21-17(23)16-10(2)15-11(3)19-12(4)20-18(15)26-16/h6-9,22H,5H2,1-4H3,(H,21,23). The number of thiophene rings is 1. The molecule has 9 heteroatoms. The largest absolute Gasteiger partial charge is 0.321 e. The number of hydrogen-bond donors (Lipinski definition) is 2. The lowest BCUT2D eigenvalue weighted by Crippen LogP contribution is -2.15. The molecule has 0 bridgehead atoms. The van der Waals surface area contributed by atoms with Crippen LogP contribution in [0.1, 0.15) is 33.7 Å². The number of carbonyl (C=O) groups is 1. The number of nitrogens with zero attached hydrogens (tertiary/aromatic N) is 2. The van der Waals surface area contributed by atoms with Crippen LogP contribution in [0.2, 0.25) is 0 Å². The van der Waals surface area contributed by atoms with Crippen LogP contribution >= 0.6 is 11.3 Å². The van der Waals surface area contributed by atoms with E-state index in [-0.39, 0.29) is 11.7 Å². The summed E-state index contributed by atoms with van der Waals surface area (Å²) in [6.07, 6.45) is 0. The number of carbonyl (C=O) groups excluding carboxylic acids is 1. The lowest BCUT2D eigenvalue weighted by Gasteiger charge is -2.08. The number of benzene rings is 1. The first-order chi connectivity index (χ1) is 12.7. The highest BCUT2D eigenvalue weighted by Gasteiger charge is 2.19. The summed E-state index contributed by atoms with van der Waals surface area (Å²) in [6, 6.07) is 6.53. The van der Waals surface area contributed by atoms with E-state index in [1.54, 1.807) is 31.2 Å². The molecule has 2 aromatic heterocycles. The fourth-order valence-electron chi connectivity index (χ4n) is 2.75. The predicted octanol–water partition coefficient (Wildman–Crippen LogP) is 3.63. The summed E-state index contributed by atoms with van der Waals surface area (Å²) in [5.41, 5.74) is 2.75. The Hall–Kier alpha value is -2.52. The molecule has 0 unspecified atom stereocenters. The SMILES string of the molecule is CCS(=O)(=O)Nc1ccc(NC(=O)c2sc3nc(C)nc(C)c3c2C)cc1. The zero-order valence-electron chi connectivity index (χ0n) is 15.5. The van der Waals surface area contributed by atoms with Crippen molar-refractivity contribution in [3.05, 3.63) is 46.2 Å². The third kappa shape index (κ3) is 4.09. The Kier molecular flexibility index (Phi) is 5.16. The third-order valence-electron chi connectivity index (χ3n) is 4.09. The maximum absolute atomic E-state index is 12.7. The molecule has 1 amide bonds. The monoisotopic (exact) mass is 404 g/mol. The molecule has 0 atom stereocenters. The second-order valence-electron chi connectivity index (χ2n) is 6.13. The summed E-state index contributed by atoms with van der Waals surface area (Å²) in [5, 5.41) is 3.76. The lowest BCUT2D eigenvalue weighted by atomic mass is 10.1.